The topological polar surface area (TPSA) is 78.5 Å². The van der Waals surface area contributed by atoms with E-state index in [0.29, 0.717) is 18.7 Å². The fraction of sp³-hybridized carbons (Fsp3) is 0.278. The third kappa shape index (κ3) is 6.57. The minimum Gasteiger partial charge on any atom is -0.298 e. The van der Waals surface area contributed by atoms with Crippen molar-refractivity contribution in [3.8, 4) is 0 Å². The molecule has 0 bridgehead atoms. The van der Waals surface area contributed by atoms with Crippen LogP contribution in [0.5, 0.6) is 0 Å². The lowest BCUT2D eigenvalue weighted by Crippen LogP contribution is -1.98. The first-order chi connectivity index (χ1) is 14.7. The van der Waals surface area contributed by atoms with Crippen molar-refractivity contribution in [2.45, 2.75) is 33.4 Å². The monoisotopic (exact) mass is 592 g/mol. The standard InChI is InChI=1S/C9H8BrF2N3S.C9H8BrN3OS/c1-5-14-8(10)7(16-5)4-15-3-6(2-13-15)9(11)12;1-6-12-9(10)8(15-6)4-13-3-7(5-14)2-11-13/h2-3,9H,4H2,1H3;2-3,5H,4H2,1H3. The van der Waals surface area contributed by atoms with Crippen LogP contribution in [0.4, 0.5) is 8.78 Å². The van der Waals surface area contributed by atoms with Crippen LogP contribution in [-0.2, 0) is 13.1 Å². The number of carbonyl (C=O) groups excluding carboxylic acids is 1. The Morgan fingerprint density at radius 3 is 1.87 bits per heavy atom. The molecule has 164 valence electrons. The van der Waals surface area contributed by atoms with E-state index in [-0.39, 0.29) is 5.56 Å². The summed E-state index contributed by atoms with van der Waals surface area (Å²) in [5, 5.41) is 9.90. The number of thiazole rings is 2. The first kappa shape index (κ1) is 23.8. The Kier molecular flexibility index (Phi) is 8.19. The molecule has 0 aliphatic rings. The number of halogens is 4. The summed E-state index contributed by atoms with van der Waals surface area (Å²) in [7, 11) is 0. The Morgan fingerprint density at radius 1 is 0.968 bits per heavy atom. The molecule has 0 saturated carbocycles. The summed E-state index contributed by atoms with van der Waals surface area (Å²) in [4.78, 5) is 21.0. The van der Waals surface area contributed by atoms with E-state index in [9.17, 15) is 13.6 Å². The second kappa shape index (κ2) is 10.7. The first-order valence-electron chi connectivity index (χ1n) is 8.77. The van der Waals surface area contributed by atoms with Crippen LogP contribution >= 0.6 is 54.5 Å². The summed E-state index contributed by atoms with van der Waals surface area (Å²) in [6.07, 6.45) is 4.12. The third-order valence-electron chi connectivity index (χ3n) is 3.82. The Labute approximate surface area is 201 Å². The molecular formula is C18H16Br2F2N6OS2. The van der Waals surface area contributed by atoms with Gasteiger partial charge in [0.25, 0.3) is 6.43 Å². The summed E-state index contributed by atoms with van der Waals surface area (Å²) in [5.74, 6) is 0. The maximum absolute atomic E-state index is 12.3. The van der Waals surface area contributed by atoms with E-state index in [2.05, 4.69) is 52.0 Å². The van der Waals surface area contributed by atoms with Crippen molar-refractivity contribution in [2.75, 3.05) is 0 Å². The van der Waals surface area contributed by atoms with Crippen LogP contribution in [0.25, 0.3) is 0 Å². The normalized spacial score (nSPS) is 10.9. The Bertz CT molecular complexity index is 1170. The first-order valence-corrected chi connectivity index (χ1v) is 12.0. The highest BCUT2D eigenvalue weighted by Crippen LogP contribution is 2.25. The number of alkyl halides is 2. The van der Waals surface area contributed by atoms with Crippen LogP contribution in [0.15, 0.2) is 34.0 Å². The molecular weight excluding hydrogens is 578 g/mol. The van der Waals surface area contributed by atoms with Crippen LogP contribution < -0.4 is 0 Å². The van der Waals surface area contributed by atoms with Crippen molar-refractivity contribution in [1.82, 2.24) is 29.5 Å². The molecule has 0 fully saturated rings. The van der Waals surface area contributed by atoms with E-state index in [0.717, 1.165) is 35.3 Å². The average molecular weight is 594 g/mol. The van der Waals surface area contributed by atoms with Gasteiger partial charge in [-0.05, 0) is 45.7 Å². The van der Waals surface area contributed by atoms with Gasteiger partial charge in [0.2, 0.25) is 0 Å². The van der Waals surface area contributed by atoms with Crippen LogP contribution in [0.1, 0.15) is 42.1 Å². The fourth-order valence-corrected chi connectivity index (χ4v) is 5.63. The van der Waals surface area contributed by atoms with Gasteiger partial charge in [-0.25, -0.2) is 18.7 Å². The molecule has 0 amide bonds. The minimum atomic E-state index is -2.47. The van der Waals surface area contributed by atoms with Crippen LogP contribution in [0.3, 0.4) is 0 Å². The molecule has 4 heterocycles. The van der Waals surface area contributed by atoms with Gasteiger partial charge in [0.15, 0.2) is 6.29 Å². The maximum Gasteiger partial charge on any atom is 0.266 e. The maximum atomic E-state index is 12.3. The molecule has 0 aromatic carbocycles. The molecule has 4 aromatic heterocycles. The molecule has 0 N–H and O–H groups in total. The van der Waals surface area contributed by atoms with E-state index in [1.807, 2.05) is 13.8 Å². The van der Waals surface area contributed by atoms with Crippen molar-refractivity contribution >= 4 is 60.8 Å². The van der Waals surface area contributed by atoms with E-state index in [1.54, 1.807) is 28.4 Å². The van der Waals surface area contributed by atoms with Gasteiger partial charge >= 0.3 is 0 Å². The largest absolute Gasteiger partial charge is 0.298 e. The van der Waals surface area contributed by atoms with E-state index < -0.39 is 6.43 Å². The number of hydrogen-bond acceptors (Lipinski definition) is 7. The molecule has 0 unspecified atom stereocenters. The third-order valence-corrected chi connectivity index (χ3v) is 7.57. The molecule has 0 aliphatic heterocycles. The molecule has 4 rings (SSSR count). The number of rotatable bonds is 6. The van der Waals surface area contributed by atoms with Gasteiger partial charge in [-0.15, -0.1) is 22.7 Å². The summed E-state index contributed by atoms with van der Waals surface area (Å²) < 4.78 is 29.5. The zero-order chi connectivity index (χ0) is 22.5. The van der Waals surface area contributed by atoms with Crippen molar-refractivity contribution in [2.24, 2.45) is 0 Å². The molecule has 7 nitrogen and oxygen atoms in total. The SMILES string of the molecule is Cc1nc(Br)c(Cn2cc(C(F)F)cn2)s1.Cc1nc(Br)c(Cn2cc(C=O)cn2)s1. The van der Waals surface area contributed by atoms with Crippen LogP contribution in [-0.4, -0.2) is 35.8 Å². The molecule has 4 aromatic rings. The van der Waals surface area contributed by atoms with Crippen LogP contribution in [0, 0.1) is 13.8 Å². The highest BCUT2D eigenvalue weighted by molar-refractivity contribution is 9.10. The Balaban J connectivity index is 0.000000176. The minimum absolute atomic E-state index is 0.0580. The van der Waals surface area contributed by atoms with E-state index in [1.165, 1.54) is 28.4 Å². The van der Waals surface area contributed by atoms with Crippen molar-refractivity contribution in [3.05, 3.63) is 64.9 Å². The molecule has 13 heteroatoms. The molecule has 0 saturated heterocycles. The number of aryl methyl sites for hydroxylation is 2. The number of carbonyl (C=O) groups is 1. The second-order valence-corrected chi connectivity index (χ2v) is 10.3. The Morgan fingerprint density at radius 2 is 1.48 bits per heavy atom. The highest BCUT2D eigenvalue weighted by Gasteiger charge is 2.12. The van der Waals surface area contributed by atoms with Gasteiger partial charge < -0.3 is 0 Å². The predicted molar refractivity (Wildman–Crippen MR) is 122 cm³/mol. The average Bonchev–Trinajstić information content (AvgIpc) is 3.47. The number of aromatic nitrogens is 6. The number of nitrogens with zero attached hydrogens (tertiary/aromatic N) is 6. The van der Waals surface area contributed by atoms with Gasteiger partial charge in [0, 0.05) is 12.4 Å². The van der Waals surface area contributed by atoms with Crippen molar-refractivity contribution in [1.29, 1.82) is 0 Å². The van der Waals surface area contributed by atoms with E-state index >= 15 is 0 Å². The smallest absolute Gasteiger partial charge is 0.266 e. The summed E-state index contributed by atoms with van der Waals surface area (Å²) in [5.41, 5.74) is 0.532. The second-order valence-electron chi connectivity index (χ2n) is 6.25. The quantitative estimate of drug-likeness (QED) is 0.269. The van der Waals surface area contributed by atoms with Gasteiger partial charge in [0.05, 0.1) is 56.4 Å². The van der Waals surface area contributed by atoms with Gasteiger partial charge in [-0.3, -0.25) is 14.2 Å². The molecule has 0 spiro atoms. The molecule has 0 radical (unpaired) electrons. The van der Waals surface area contributed by atoms with Crippen LogP contribution in [0.2, 0.25) is 0 Å². The highest BCUT2D eigenvalue weighted by atomic mass is 79.9. The lowest BCUT2D eigenvalue weighted by molar-refractivity contribution is 0.112. The summed E-state index contributed by atoms with van der Waals surface area (Å²) in [6, 6.07) is 0. The lowest BCUT2D eigenvalue weighted by atomic mass is 10.4. The zero-order valence-electron chi connectivity index (χ0n) is 16.3. The van der Waals surface area contributed by atoms with E-state index in [4.69, 9.17) is 0 Å². The lowest BCUT2D eigenvalue weighted by Gasteiger charge is -1.98. The molecule has 31 heavy (non-hydrogen) atoms. The number of aldehydes is 1. The zero-order valence-corrected chi connectivity index (χ0v) is 21.1. The van der Waals surface area contributed by atoms with Crippen molar-refractivity contribution in [3.63, 3.8) is 0 Å². The molecule has 0 aliphatic carbocycles. The number of hydrogen-bond donors (Lipinski definition) is 0. The molecule has 0 atom stereocenters. The predicted octanol–water partition coefficient (Wildman–Crippen LogP) is 5.67. The van der Waals surface area contributed by atoms with Crippen molar-refractivity contribution < 1.29 is 13.6 Å². The van der Waals surface area contributed by atoms with Gasteiger partial charge in [-0.2, -0.15) is 10.2 Å². The fourth-order valence-electron chi connectivity index (χ4n) is 2.48. The van der Waals surface area contributed by atoms with Gasteiger partial charge in [0.1, 0.15) is 9.21 Å². The summed E-state index contributed by atoms with van der Waals surface area (Å²) in [6.45, 7) is 4.95. The van der Waals surface area contributed by atoms with Gasteiger partial charge in [-0.1, -0.05) is 0 Å². The summed E-state index contributed by atoms with van der Waals surface area (Å²) >= 11 is 9.85. The Hall–Kier alpha value is -1.83.